The first-order valence-corrected chi connectivity index (χ1v) is 7.07. The molecule has 1 N–H and O–H groups in total. The third-order valence-corrected chi connectivity index (χ3v) is 3.40. The number of nitrogens with zero attached hydrogens (tertiary/aromatic N) is 2. The molecule has 1 unspecified atom stereocenters. The van der Waals surface area contributed by atoms with Crippen molar-refractivity contribution in [1.29, 1.82) is 0 Å². The fourth-order valence-electron chi connectivity index (χ4n) is 2.41. The maximum atomic E-state index is 12.0. The fourth-order valence-corrected chi connectivity index (χ4v) is 2.41. The average molecular weight is 279 g/mol. The molecule has 2 rings (SSSR count). The predicted molar refractivity (Wildman–Crippen MR) is 75.9 cm³/mol. The van der Waals surface area contributed by atoms with E-state index in [0.29, 0.717) is 18.2 Å². The molecule has 0 aromatic carbocycles. The summed E-state index contributed by atoms with van der Waals surface area (Å²) in [5.41, 5.74) is -0.187. The zero-order valence-electron chi connectivity index (χ0n) is 12.2. The second-order valence-electron chi connectivity index (χ2n) is 5.25. The topological polar surface area (TPSA) is 75.3 Å². The first-order valence-electron chi connectivity index (χ1n) is 7.07. The molecule has 1 aromatic heterocycles. The van der Waals surface area contributed by atoms with Crippen molar-refractivity contribution >= 4 is 11.8 Å². The Hall–Kier alpha value is -1.85. The number of hydrogen-bond acceptors (Lipinski definition) is 5. The molecule has 1 atom stereocenters. The summed E-state index contributed by atoms with van der Waals surface area (Å²) in [5, 5.41) is 0. The Balaban J connectivity index is 2.30. The molecule has 1 aliphatic rings. The molecule has 0 spiro atoms. The third-order valence-electron chi connectivity index (χ3n) is 3.40. The van der Waals surface area contributed by atoms with Crippen molar-refractivity contribution in [1.82, 2.24) is 9.97 Å². The Morgan fingerprint density at radius 1 is 1.60 bits per heavy atom. The van der Waals surface area contributed by atoms with Crippen LogP contribution in [0.1, 0.15) is 45.4 Å². The molecular weight excluding hydrogens is 258 g/mol. The van der Waals surface area contributed by atoms with Crippen molar-refractivity contribution in [2.45, 2.75) is 45.6 Å². The summed E-state index contributed by atoms with van der Waals surface area (Å²) >= 11 is 0. The molecule has 1 saturated heterocycles. The maximum absolute atomic E-state index is 12.0. The van der Waals surface area contributed by atoms with E-state index >= 15 is 0 Å². The number of ether oxygens (including phenoxy) is 1. The van der Waals surface area contributed by atoms with Crippen molar-refractivity contribution in [2.75, 3.05) is 18.1 Å². The van der Waals surface area contributed by atoms with Gasteiger partial charge in [0.2, 0.25) is 0 Å². The zero-order valence-corrected chi connectivity index (χ0v) is 12.2. The van der Waals surface area contributed by atoms with Crippen molar-refractivity contribution in [2.24, 2.45) is 0 Å². The van der Waals surface area contributed by atoms with E-state index in [1.807, 2.05) is 18.7 Å². The Kier molecular flexibility index (Phi) is 4.42. The second-order valence-corrected chi connectivity index (χ2v) is 5.25. The van der Waals surface area contributed by atoms with Crippen LogP contribution in [0.2, 0.25) is 0 Å². The summed E-state index contributed by atoms with van der Waals surface area (Å²) < 4.78 is 5.09. The number of esters is 1. The van der Waals surface area contributed by atoms with Crippen LogP contribution in [0.4, 0.5) is 5.82 Å². The molecule has 1 fully saturated rings. The monoisotopic (exact) mass is 279 g/mol. The van der Waals surface area contributed by atoms with E-state index in [4.69, 9.17) is 4.74 Å². The van der Waals surface area contributed by atoms with Crippen LogP contribution in [0, 0.1) is 0 Å². The van der Waals surface area contributed by atoms with Gasteiger partial charge in [0.1, 0.15) is 17.7 Å². The second kappa shape index (κ2) is 6.07. The molecule has 6 nitrogen and oxygen atoms in total. The van der Waals surface area contributed by atoms with Gasteiger partial charge in [-0.3, -0.25) is 4.79 Å². The van der Waals surface area contributed by atoms with Crippen LogP contribution < -0.4 is 10.5 Å². The first-order chi connectivity index (χ1) is 9.52. The summed E-state index contributed by atoms with van der Waals surface area (Å²) in [6, 6.07) is 1.12. The molecule has 0 bridgehead atoms. The highest BCUT2D eigenvalue weighted by molar-refractivity contribution is 5.80. The normalized spacial score (nSPS) is 18.6. The number of nitrogens with one attached hydrogen (secondary N) is 1. The highest BCUT2D eigenvalue weighted by Crippen LogP contribution is 2.24. The quantitative estimate of drug-likeness (QED) is 0.844. The van der Waals surface area contributed by atoms with Gasteiger partial charge in [0.15, 0.2) is 0 Å². The molecule has 1 aromatic rings. The summed E-state index contributed by atoms with van der Waals surface area (Å²) in [4.78, 5) is 32.8. The summed E-state index contributed by atoms with van der Waals surface area (Å²) in [6.07, 6.45) is 1.64. The van der Waals surface area contributed by atoms with E-state index < -0.39 is 0 Å². The minimum atomic E-state index is -0.329. The van der Waals surface area contributed by atoms with Gasteiger partial charge in [-0.15, -0.1) is 0 Å². The van der Waals surface area contributed by atoms with Crippen LogP contribution in [0.25, 0.3) is 0 Å². The Morgan fingerprint density at radius 2 is 2.35 bits per heavy atom. The number of hydrogen-bond donors (Lipinski definition) is 1. The molecule has 2 heterocycles. The zero-order chi connectivity index (χ0) is 14.7. The molecule has 20 heavy (non-hydrogen) atoms. The lowest BCUT2D eigenvalue weighted by molar-refractivity contribution is -0.144. The number of anilines is 1. The summed E-state index contributed by atoms with van der Waals surface area (Å²) in [6.45, 7) is 6.81. The van der Waals surface area contributed by atoms with Crippen LogP contribution in [-0.2, 0) is 9.53 Å². The molecular formula is C14H21N3O3. The molecule has 6 heteroatoms. The molecule has 0 radical (unpaired) electrons. The number of carbonyl (C=O) groups excluding carboxylic acids is 1. The molecule has 1 aliphatic heterocycles. The average Bonchev–Trinajstić information content (AvgIpc) is 2.87. The number of aromatic nitrogens is 2. The van der Waals surface area contributed by atoms with E-state index in [1.165, 1.54) is 6.07 Å². The van der Waals surface area contributed by atoms with Crippen LogP contribution in [0.5, 0.6) is 0 Å². The lowest BCUT2D eigenvalue weighted by atomic mass is 10.2. The van der Waals surface area contributed by atoms with Gasteiger partial charge in [0.05, 0.1) is 6.61 Å². The predicted octanol–water partition coefficient (Wildman–Crippen LogP) is 1.43. The van der Waals surface area contributed by atoms with Crippen LogP contribution in [0.3, 0.4) is 0 Å². The van der Waals surface area contributed by atoms with E-state index in [9.17, 15) is 9.59 Å². The van der Waals surface area contributed by atoms with Gasteiger partial charge >= 0.3 is 5.97 Å². The van der Waals surface area contributed by atoms with E-state index in [1.54, 1.807) is 6.92 Å². The highest BCUT2D eigenvalue weighted by Gasteiger charge is 2.33. The Bertz CT molecular complexity index is 539. The van der Waals surface area contributed by atoms with Crippen molar-refractivity contribution in [3.8, 4) is 0 Å². The highest BCUT2D eigenvalue weighted by atomic mass is 16.5. The lowest BCUT2D eigenvalue weighted by Gasteiger charge is -2.24. The number of aromatic amines is 1. The largest absolute Gasteiger partial charge is 0.464 e. The SMILES string of the molecule is CCOC(=O)C1CCCN1c1cc(=O)[nH]c(C(C)C)n1. The van der Waals surface area contributed by atoms with Crippen molar-refractivity contribution in [3.05, 3.63) is 22.2 Å². The van der Waals surface area contributed by atoms with E-state index in [0.717, 1.165) is 19.4 Å². The van der Waals surface area contributed by atoms with Gasteiger partial charge in [0.25, 0.3) is 5.56 Å². The molecule has 0 amide bonds. The molecule has 0 saturated carbocycles. The van der Waals surface area contributed by atoms with Crippen LogP contribution in [0.15, 0.2) is 10.9 Å². The maximum Gasteiger partial charge on any atom is 0.328 e. The Morgan fingerprint density at radius 3 is 3.00 bits per heavy atom. The van der Waals surface area contributed by atoms with E-state index in [-0.39, 0.29) is 23.5 Å². The van der Waals surface area contributed by atoms with Crippen LogP contribution >= 0.6 is 0 Å². The van der Waals surface area contributed by atoms with Gasteiger partial charge in [-0.2, -0.15) is 0 Å². The van der Waals surface area contributed by atoms with Gasteiger partial charge in [0, 0.05) is 18.5 Å². The fraction of sp³-hybridized carbons (Fsp3) is 0.643. The molecule has 110 valence electrons. The number of rotatable bonds is 4. The van der Waals surface area contributed by atoms with Crippen molar-refractivity contribution in [3.63, 3.8) is 0 Å². The minimum Gasteiger partial charge on any atom is -0.464 e. The number of carbonyl (C=O) groups is 1. The van der Waals surface area contributed by atoms with Crippen LogP contribution in [-0.4, -0.2) is 35.1 Å². The van der Waals surface area contributed by atoms with Gasteiger partial charge in [-0.1, -0.05) is 13.8 Å². The minimum absolute atomic E-state index is 0.131. The lowest BCUT2D eigenvalue weighted by Crippen LogP contribution is -2.38. The van der Waals surface area contributed by atoms with E-state index in [2.05, 4.69) is 9.97 Å². The molecule has 0 aliphatic carbocycles. The summed E-state index contributed by atoms with van der Waals surface area (Å²) in [7, 11) is 0. The van der Waals surface area contributed by atoms with Gasteiger partial charge in [-0.25, -0.2) is 9.78 Å². The Labute approximate surface area is 118 Å². The smallest absolute Gasteiger partial charge is 0.328 e. The third kappa shape index (κ3) is 3.00. The number of H-pyrrole nitrogens is 1. The first kappa shape index (κ1) is 14.6. The van der Waals surface area contributed by atoms with Gasteiger partial charge in [-0.05, 0) is 19.8 Å². The standard InChI is InChI=1S/C14H21N3O3/c1-4-20-14(19)10-6-5-7-17(10)11-8-12(18)16-13(15-11)9(2)3/h8-10H,4-7H2,1-3H3,(H,15,16,18). The van der Waals surface area contributed by atoms with Crippen molar-refractivity contribution < 1.29 is 9.53 Å². The van der Waals surface area contributed by atoms with Gasteiger partial charge < -0.3 is 14.6 Å². The summed E-state index contributed by atoms with van der Waals surface area (Å²) in [5.74, 6) is 1.10.